The zero-order valence-electron chi connectivity index (χ0n) is 11.2. The first-order chi connectivity index (χ1) is 9.49. The molecular formula is C11H17N5O3S. The highest BCUT2D eigenvalue weighted by Crippen LogP contribution is 2.21. The molecule has 1 unspecified atom stereocenters. The maximum atomic E-state index is 12.4. The standard InChI is InChI=1S/C11H17N5O3S/c1-3-8(11-12-4-5-13-11)16-20(18,19)10-7(2)14-15-9(10)6-17/h4-5,8,16-17H,3,6H2,1-2H3,(H,12,13)(H,14,15). The molecule has 8 nitrogen and oxygen atoms in total. The summed E-state index contributed by atoms with van der Waals surface area (Å²) in [6.07, 6.45) is 3.74. The Labute approximate surface area is 116 Å². The monoisotopic (exact) mass is 299 g/mol. The summed E-state index contributed by atoms with van der Waals surface area (Å²) in [5, 5.41) is 15.5. The summed E-state index contributed by atoms with van der Waals surface area (Å²) in [6, 6.07) is -0.462. The molecule has 1 atom stereocenters. The van der Waals surface area contributed by atoms with E-state index in [1.165, 1.54) is 0 Å². The van der Waals surface area contributed by atoms with E-state index < -0.39 is 22.7 Å². The predicted octanol–water partition coefficient (Wildman–Crippen LogP) is 0.363. The van der Waals surface area contributed by atoms with Crippen LogP contribution in [0, 0.1) is 6.92 Å². The molecule has 0 bridgehead atoms. The molecule has 0 aliphatic rings. The van der Waals surface area contributed by atoms with Gasteiger partial charge in [-0.1, -0.05) is 6.92 Å². The summed E-state index contributed by atoms with van der Waals surface area (Å²) >= 11 is 0. The van der Waals surface area contributed by atoms with Crippen molar-refractivity contribution in [1.82, 2.24) is 24.9 Å². The molecule has 0 aromatic carbocycles. The SMILES string of the molecule is CCC(NS(=O)(=O)c1c(CO)n[nH]c1C)c1ncc[nH]1. The molecule has 2 heterocycles. The van der Waals surface area contributed by atoms with Gasteiger partial charge in [0.15, 0.2) is 0 Å². The predicted molar refractivity (Wildman–Crippen MR) is 71.2 cm³/mol. The van der Waals surface area contributed by atoms with E-state index in [0.29, 0.717) is 17.9 Å². The lowest BCUT2D eigenvalue weighted by molar-refractivity contribution is 0.273. The van der Waals surface area contributed by atoms with Crippen LogP contribution in [-0.2, 0) is 16.6 Å². The number of sulfonamides is 1. The number of aliphatic hydroxyl groups is 1. The third-order valence-corrected chi connectivity index (χ3v) is 4.61. The summed E-state index contributed by atoms with van der Waals surface area (Å²) in [7, 11) is -3.79. The third-order valence-electron chi connectivity index (χ3n) is 2.93. The lowest BCUT2D eigenvalue weighted by Gasteiger charge is -2.15. The number of hydrogen-bond acceptors (Lipinski definition) is 5. The van der Waals surface area contributed by atoms with Crippen LogP contribution < -0.4 is 4.72 Å². The maximum absolute atomic E-state index is 12.4. The first-order valence-corrected chi connectivity index (χ1v) is 7.64. The molecule has 0 saturated heterocycles. The number of nitrogens with one attached hydrogen (secondary N) is 3. The summed E-state index contributed by atoms with van der Waals surface area (Å²) in [5.74, 6) is 0.544. The quantitative estimate of drug-likeness (QED) is 0.613. The largest absolute Gasteiger partial charge is 0.390 e. The number of nitrogens with zero attached hydrogens (tertiary/aromatic N) is 2. The Balaban J connectivity index is 2.33. The van der Waals surface area contributed by atoms with Gasteiger partial charge in [-0.25, -0.2) is 18.1 Å². The third kappa shape index (κ3) is 2.74. The van der Waals surface area contributed by atoms with Crippen molar-refractivity contribution in [2.45, 2.75) is 37.8 Å². The molecule has 4 N–H and O–H groups in total. The van der Waals surface area contributed by atoms with Crippen LogP contribution in [0.1, 0.15) is 36.6 Å². The van der Waals surface area contributed by atoms with E-state index in [2.05, 4.69) is 24.9 Å². The lowest BCUT2D eigenvalue weighted by atomic mass is 10.2. The Bertz CT molecular complexity index is 662. The smallest absolute Gasteiger partial charge is 0.244 e. The molecule has 0 spiro atoms. The van der Waals surface area contributed by atoms with Crippen LogP contribution in [-0.4, -0.2) is 33.7 Å². The minimum atomic E-state index is -3.79. The highest BCUT2D eigenvalue weighted by Gasteiger charge is 2.27. The van der Waals surface area contributed by atoms with Crippen molar-refractivity contribution in [3.63, 3.8) is 0 Å². The van der Waals surface area contributed by atoms with Gasteiger partial charge >= 0.3 is 0 Å². The van der Waals surface area contributed by atoms with Crippen molar-refractivity contribution >= 4 is 10.0 Å². The number of aromatic amines is 2. The minimum Gasteiger partial charge on any atom is -0.390 e. The Kier molecular flexibility index (Phi) is 4.21. The van der Waals surface area contributed by atoms with Crippen molar-refractivity contribution in [2.75, 3.05) is 0 Å². The van der Waals surface area contributed by atoms with E-state index in [1.807, 2.05) is 6.92 Å². The molecule has 0 amide bonds. The molecule has 0 fully saturated rings. The van der Waals surface area contributed by atoms with Crippen LogP contribution in [0.2, 0.25) is 0 Å². The van der Waals surface area contributed by atoms with Crippen molar-refractivity contribution in [3.05, 3.63) is 29.6 Å². The molecule has 0 aliphatic heterocycles. The normalized spacial score (nSPS) is 13.6. The second-order valence-corrected chi connectivity index (χ2v) is 5.99. The van der Waals surface area contributed by atoms with Gasteiger partial charge in [0.25, 0.3) is 0 Å². The summed E-state index contributed by atoms with van der Waals surface area (Å²) in [4.78, 5) is 6.94. The highest BCUT2D eigenvalue weighted by molar-refractivity contribution is 7.89. The van der Waals surface area contributed by atoms with Gasteiger partial charge in [0.1, 0.15) is 16.4 Å². The number of imidazole rings is 1. The fraction of sp³-hybridized carbons (Fsp3) is 0.455. The van der Waals surface area contributed by atoms with Crippen molar-refractivity contribution in [2.24, 2.45) is 0 Å². The van der Waals surface area contributed by atoms with Gasteiger partial charge in [-0.15, -0.1) is 0 Å². The van der Waals surface area contributed by atoms with Crippen LogP contribution in [0.3, 0.4) is 0 Å². The van der Waals surface area contributed by atoms with Crippen LogP contribution in [0.15, 0.2) is 17.3 Å². The average Bonchev–Trinajstić information content (AvgIpc) is 3.05. The Morgan fingerprint density at radius 2 is 2.25 bits per heavy atom. The number of H-pyrrole nitrogens is 2. The van der Waals surface area contributed by atoms with E-state index in [9.17, 15) is 13.5 Å². The fourth-order valence-electron chi connectivity index (χ4n) is 1.98. The van der Waals surface area contributed by atoms with Crippen LogP contribution in [0.4, 0.5) is 0 Å². The molecule has 0 aliphatic carbocycles. The topological polar surface area (TPSA) is 124 Å². The van der Waals surface area contributed by atoms with Crippen LogP contribution in [0.5, 0.6) is 0 Å². The van der Waals surface area contributed by atoms with Crippen LogP contribution >= 0.6 is 0 Å². The molecule has 0 saturated carbocycles. The van der Waals surface area contributed by atoms with Gasteiger partial charge in [-0.05, 0) is 13.3 Å². The second-order valence-electron chi connectivity index (χ2n) is 4.34. The van der Waals surface area contributed by atoms with E-state index in [4.69, 9.17) is 0 Å². The maximum Gasteiger partial charge on any atom is 0.244 e. The second kappa shape index (κ2) is 5.73. The molecule has 0 radical (unpaired) electrons. The number of aliphatic hydroxyl groups excluding tert-OH is 1. The van der Waals surface area contributed by atoms with Crippen molar-refractivity contribution in [1.29, 1.82) is 0 Å². The van der Waals surface area contributed by atoms with E-state index >= 15 is 0 Å². The van der Waals surface area contributed by atoms with Gasteiger partial charge in [-0.2, -0.15) is 5.10 Å². The van der Waals surface area contributed by atoms with E-state index in [-0.39, 0.29) is 10.6 Å². The average molecular weight is 299 g/mol. The number of aryl methyl sites for hydroxylation is 1. The molecule has 9 heteroatoms. The van der Waals surface area contributed by atoms with Gasteiger partial charge in [0.2, 0.25) is 10.0 Å². The number of rotatable bonds is 6. The summed E-state index contributed by atoms with van der Waals surface area (Å²) in [5.41, 5.74) is 0.486. The van der Waals surface area contributed by atoms with Gasteiger partial charge in [-0.3, -0.25) is 5.10 Å². The summed E-state index contributed by atoms with van der Waals surface area (Å²) in [6.45, 7) is 3.00. The van der Waals surface area contributed by atoms with Gasteiger partial charge < -0.3 is 10.1 Å². The molecule has 110 valence electrons. The first kappa shape index (κ1) is 14.7. The molecule has 2 aromatic heterocycles. The van der Waals surface area contributed by atoms with E-state index in [0.717, 1.165) is 0 Å². The zero-order chi connectivity index (χ0) is 14.8. The highest BCUT2D eigenvalue weighted by atomic mass is 32.2. The molecule has 2 rings (SSSR count). The van der Waals surface area contributed by atoms with Crippen molar-refractivity contribution < 1.29 is 13.5 Å². The fourth-order valence-corrected chi connectivity index (χ4v) is 3.62. The van der Waals surface area contributed by atoms with Crippen LogP contribution in [0.25, 0.3) is 0 Å². The van der Waals surface area contributed by atoms with Gasteiger partial charge in [0, 0.05) is 12.4 Å². The Morgan fingerprint density at radius 1 is 1.50 bits per heavy atom. The van der Waals surface area contributed by atoms with Crippen molar-refractivity contribution in [3.8, 4) is 0 Å². The lowest BCUT2D eigenvalue weighted by Crippen LogP contribution is -2.30. The number of aromatic nitrogens is 4. The van der Waals surface area contributed by atoms with E-state index in [1.54, 1.807) is 19.3 Å². The first-order valence-electron chi connectivity index (χ1n) is 6.16. The molecule has 2 aromatic rings. The Hall–Kier alpha value is -1.71. The summed E-state index contributed by atoms with van der Waals surface area (Å²) < 4.78 is 27.4. The molecule has 20 heavy (non-hydrogen) atoms. The Morgan fingerprint density at radius 3 is 2.80 bits per heavy atom. The molecular weight excluding hydrogens is 282 g/mol. The van der Waals surface area contributed by atoms with Gasteiger partial charge in [0.05, 0.1) is 18.3 Å². The zero-order valence-corrected chi connectivity index (χ0v) is 12.0. The number of hydrogen-bond donors (Lipinski definition) is 4. The minimum absolute atomic E-state index is 0.00925.